The maximum absolute atomic E-state index is 12.4. The number of methoxy groups -OCH3 is 1. The molecule has 0 aliphatic rings. The molecule has 27 heavy (non-hydrogen) atoms. The molecule has 3 rings (SSSR count). The van der Waals surface area contributed by atoms with Crippen molar-refractivity contribution >= 4 is 34.2 Å². The fraction of sp³-hybridized carbons (Fsp3) is 0.158. The summed E-state index contributed by atoms with van der Waals surface area (Å²) in [6, 6.07) is 7.57. The molecular weight excluding hydrogens is 374 g/mol. The summed E-state index contributed by atoms with van der Waals surface area (Å²) in [5.74, 6) is -0.874. The number of aromatic hydroxyl groups is 2. The standard InChI is InChI=1S/C19H16ClNO6/c1-9-11-4-5-14(22)17(24)18(11)27-19(25)12(9)8-16(23)21-10-3-6-15(26-2)13(20)7-10/h3-7,22,24H,8H2,1-2H3,(H,21,23). The Morgan fingerprint density at radius 2 is 2.00 bits per heavy atom. The van der Waals surface area contributed by atoms with E-state index in [9.17, 15) is 19.8 Å². The predicted molar refractivity (Wildman–Crippen MR) is 101 cm³/mol. The average Bonchev–Trinajstić information content (AvgIpc) is 2.62. The second-order valence-corrected chi connectivity index (χ2v) is 6.28. The Morgan fingerprint density at radius 3 is 2.67 bits per heavy atom. The molecule has 7 nitrogen and oxygen atoms in total. The van der Waals surface area contributed by atoms with Crippen molar-refractivity contribution in [1.29, 1.82) is 0 Å². The van der Waals surface area contributed by atoms with Gasteiger partial charge in [-0.25, -0.2) is 4.79 Å². The summed E-state index contributed by atoms with van der Waals surface area (Å²) < 4.78 is 10.2. The number of halogens is 1. The lowest BCUT2D eigenvalue weighted by atomic mass is 10.0. The summed E-state index contributed by atoms with van der Waals surface area (Å²) in [4.78, 5) is 24.6. The monoisotopic (exact) mass is 389 g/mol. The van der Waals surface area contributed by atoms with Crippen molar-refractivity contribution in [2.75, 3.05) is 12.4 Å². The normalized spacial score (nSPS) is 10.8. The number of carbonyl (C=O) groups is 1. The van der Waals surface area contributed by atoms with Crippen LogP contribution in [0.3, 0.4) is 0 Å². The number of hydrogen-bond donors (Lipinski definition) is 3. The van der Waals surface area contributed by atoms with Crippen molar-refractivity contribution in [3.63, 3.8) is 0 Å². The third-order valence-electron chi connectivity index (χ3n) is 4.18. The van der Waals surface area contributed by atoms with Gasteiger partial charge in [-0.05, 0) is 42.8 Å². The van der Waals surface area contributed by atoms with Gasteiger partial charge in [0, 0.05) is 11.1 Å². The maximum Gasteiger partial charge on any atom is 0.340 e. The summed E-state index contributed by atoms with van der Waals surface area (Å²) in [6.07, 6.45) is -0.227. The van der Waals surface area contributed by atoms with Crippen LogP contribution in [0, 0.1) is 6.92 Å². The highest BCUT2D eigenvalue weighted by atomic mass is 35.5. The van der Waals surface area contributed by atoms with Gasteiger partial charge in [-0.1, -0.05) is 11.6 Å². The van der Waals surface area contributed by atoms with Crippen LogP contribution in [0.15, 0.2) is 39.5 Å². The first-order valence-electron chi connectivity index (χ1n) is 7.92. The number of anilines is 1. The highest BCUT2D eigenvalue weighted by Gasteiger charge is 2.18. The average molecular weight is 390 g/mol. The third kappa shape index (κ3) is 3.54. The van der Waals surface area contributed by atoms with Crippen LogP contribution in [0.4, 0.5) is 5.69 Å². The lowest BCUT2D eigenvalue weighted by molar-refractivity contribution is -0.115. The maximum atomic E-state index is 12.4. The number of phenolic OH excluding ortho intramolecular Hbond substituents is 2. The smallest absolute Gasteiger partial charge is 0.340 e. The lowest BCUT2D eigenvalue weighted by Gasteiger charge is -2.10. The number of aryl methyl sites for hydroxylation is 1. The van der Waals surface area contributed by atoms with Gasteiger partial charge in [0.15, 0.2) is 11.3 Å². The zero-order valence-electron chi connectivity index (χ0n) is 14.5. The Kier molecular flexibility index (Phi) is 4.96. The minimum Gasteiger partial charge on any atom is -0.504 e. The van der Waals surface area contributed by atoms with E-state index in [1.807, 2.05) is 0 Å². The largest absolute Gasteiger partial charge is 0.504 e. The highest BCUT2D eigenvalue weighted by molar-refractivity contribution is 6.32. The van der Waals surface area contributed by atoms with E-state index in [4.69, 9.17) is 20.8 Å². The van der Waals surface area contributed by atoms with E-state index in [1.54, 1.807) is 19.1 Å². The molecule has 3 aromatic rings. The van der Waals surface area contributed by atoms with Crippen molar-refractivity contribution < 1.29 is 24.2 Å². The number of fused-ring (bicyclic) bond motifs is 1. The van der Waals surface area contributed by atoms with Crippen LogP contribution in [0.25, 0.3) is 11.0 Å². The molecule has 0 fully saturated rings. The first-order chi connectivity index (χ1) is 12.8. The first-order valence-corrected chi connectivity index (χ1v) is 8.30. The first kappa shape index (κ1) is 18.6. The molecule has 1 heterocycles. The van der Waals surface area contributed by atoms with Crippen LogP contribution in [0.1, 0.15) is 11.1 Å². The SMILES string of the molecule is COc1ccc(NC(=O)Cc2c(C)c3ccc(O)c(O)c3oc2=O)cc1Cl. The number of amides is 1. The van der Waals surface area contributed by atoms with Crippen LogP contribution in [-0.2, 0) is 11.2 Å². The van der Waals surface area contributed by atoms with E-state index in [1.165, 1.54) is 25.3 Å². The molecule has 8 heteroatoms. The van der Waals surface area contributed by atoms with Crippen molar-refractivity contribution in [3.8, 4) is 17.2 Å². The number of hydrogen-bond acceptors (Lipinski definition) is 6. The molecule has 0 radical (unpaired) electrons. The molecule has 0 saturated carbocycles. The van der Waals surface area contributed by atoms with Crippen molar-refractivity contribution in [1.82, 2.24) is 0 Å². The molecule has 1 aromatic heterocycles. The quantitative estimate of drug-likeness (QED) is 0.466. The van der Waals surface area contributed by atoms with Crippen LogP contribution < -0.4 is 15.7 Å². The van der Waals surface area contributed by atoms with Gasteiger partial charge < -0.3 is 24.7 Å². The van der Waals surface area contributed by atoms with Crippen LogP contribution in [0.2, 0.25) is 5.02 Å². The molecule has 2 aromatic carbocycles. The zero-order valence-corrected chi connectivity index (χ0v) is 15.3. The molecule has 3 N–H and O–H groups in total. The zero-order chi connectivity index (χ0) is 19.7. The van der Waals surface area contributed by atoms with Crippen molar-refractivity contribution in [3.05, 3.63) is 56.9 Å². The minimum absolute atomic E-state index is 0.122. The fourth-order valence-corrected chi connectivity index (χ4v) is 3.00. The number of phenols is 2. The van der Waals surface area contributed by atoms with Crippen molar-refractivity contribution in [2.45, 2.75) is 13.3 Å². The Balaban J connectivity index is 1.90. The molecular formula is C19H16ClNO6. The Hall–Kier alpha value is -3.19. The van der Waals surface area contributed by atoms with E-state index in [0.29, 0.717) is 27.4 Å². The summed E-state index contributed by atoms with van der Waals surface area (Å²) in [5.41, 5.74) is 0.216. The van der Waals surface area contributed by atoms with Gasteiger partial charge in [0.05, 0.1) is 24.1 Å². The summed E-state index contributed by atoms with van der Waals surface area (Å²) in [7, 11) is 1.48. The minimum atomic E-state index is -0.760. The molecule has 0 unspecified atom stereocenters. The topological polar surface area (TPSA) is 109 Å². The highest BCUT2D eigenvalue weighted by Crippen LogP contribution is 2.34. The van der Waals surface area contributed by atoms with E-state index < -0.39 is 23.0 Å². The second kappa shape index (κ2) is 7.20. The second-order valence-electron chi connectivity index (χ2n) is 5.88. The van der Waals surface area contributed by atoms with Crippen LogP contribution >= 0.6 is 11.6 Å². The molecule has 0 atom stereocenters. The van der Waals surface area contributed by atoms with Gasteiger partial charge in [0.25, 0.3) is 0 Å². The van der Waals surface area contributed by atoms with E-state index in [0.717, 1.165) is 0 Å². The predicted octanol–water partition coefficient (Wildman–Crippen LogP) is 3.36. The summed E-state index contributed by atoms with van der Waals surface area (Å²) in [5, 5.41) is 22.8. The van der Waals surface area contributed by atoms with Crippen LogP contribution in [0.5, 0.6) is 17.2 Å². The van der Waals surface area contributed by atoms with Crippen LogP contribution in [-0.4, -0.2) is 23.2 Å². The van der Waals surface area contributed by atoms with Crippen molar-refractivity contribution in [2.24, 2.45) is 0 Å². The van der Waals surface area contributed by atoms with Gasteiger partial charge in [-0.3, -0.25) is 4.79 Å². The molecule has 0 aliphatic carbocycles. The molecule has 1 amide bonds. The molecule has 0 spiro atoms. The third-order valence-corrected chi connectivity index (χ3v) is 4.48. The Bertz CT molecular complexity index is 1110. The number of nitrogens with one attached hydrogen (secondary N) is 1. The Labute approximate surface area is 158 Å². The number of ether oxygens (including phenoxy) is 1. The molecule has 0 saturated heterocycles. The van der Waals surface area contributed by atoms with Gasteiger partial charge in [0.1, 0.15) is 5.75 Å². The van der Waals surface area contributed by atoms with Gasteiger partial charge >= 0.3 is 5.63 Å². The number of carbonyl (C=O) groups excluding carboxylic acids is 1. The molecule has 0 aliphatic heterocycles. The van der Waals surface area contributed by atoms with E-state index >= 15 is 0 Å². The molecule has 140 valence electrons. The molecule has 0 bridgehead atoms. The summed E-state index contributed by atoms with van der Waals surface area (Å²) in [6.45, 7) is 1.64. The number of rotatable bonds is 4. The fourth-order valence-electron chi connectivity index (χ4n) is 2.74. The van der Waals surface area contributed by atoms with E-state index in [2.05, 4.69) is 5.32 Å². The number of benzene rings is 2. The van der Waals surface area contributed by atoms with Gasteiger partial charge in [-0.15, -0.1) is 0 Å². The van der Waals surface area contributed by atoms with Gasteiger partial charge in [-0.2, -0.15) is 0 Å². The van der Waals surface area contributed by atoms with Gasteiger partial charge in [0.2, 0.25) is 11.7 Å². The lowest BCUT2D eigenvalue weighted by Crippen LogP contribution is -2.20. The Morgan fingerprint density at radius 1 is 1.26 bits per heavy atom. The van der Waals surface area contributed by atoms with E-state index in [-0.39, 0.29) is 17.6 Å². The summed E-state index contributed by atoms with van der Waals surface area (Å²) >= 11 is 6.03.